The molecule has 0 aliphatic carbocycles. The van der Waals surface area contributed by atoms with Crippen molar-refractivity contribution in [1.82, 2.24) is 0 Å². The van der Waals surface area contributed by atoms with Gasteiger partial charge in [-0.25, -0.2) is 4.79 Å². The van der Waals surface area contributed by atoms with Gasteiger partial charge in [-0.1, -0.05) is 36.4 Å². The molecule has 34 heavy (non-hydrogen) atoms. The summed E-state index contributed by atoms with van der Waals surface area (Å²) in [6.45, 7) is -0.0804. The van der Waals surface area contributed by atoms with Crippen LogP contribution in [0.2, 0.25) is 0 Å². The zero-order valence-electron chi connectivity index (χ0n) is 17.8. The summed E-state index contributed by atoms with van der Waals surface area (Å²) in [6, 6.07) is 22.2. The minimum atomic E-state index is -0.717. The van der Waals surface area contributed by atoms with Gasteiger partial charge < -0.3 is 15.2 Å². The van der Waals surface area contributed by atoms with Gasteiger partial charge in [0.1, 0.15) is 18.2 Å². The number of carbonyl (C=O) groups is 1. The number of hydrogen-bond acceptors (Lipinski definition) is 7. The van der Waals surface area contributed by atoms with Crippen molar-refractivity contribution in [2.24, 2.45) is 5.73 Å². The van der Waals surface area contributed by atoms with Crippen molar-refractivity contribution >= 4 is 44.7 Å². The Morgan fingerprint density at radius 2 is 1.82 bits per heavy atom. The second-order valence-corrected chi connectivity index (χ2v) is 8.32. The summed E-state index contributed by atoms with van der Waals surface area (Å²) in [5.74, 6) is 0.562. The van der Waals surface area contributed by atoms with E-state index in [1.54, 1.807) is 0 Å². The van der Waals surface area contributed by atoms with Crippen LogP contribution in [-0.2, 0) is 4.74 Å². The third kappa shape index (κ3) is 5.30. The topological polar surface area (TPSA) is 141 Å². The quantitative estimate of drug-likeness (QED) is 0.133. The number of nitro benzene ring substituents is 1. The zero-order valence-corrected chi connectivity index (χ0v) is 18.6. The van der Waals surface area contributed by atoms with E-state index in [9.17, 15) is 14.9 Å². The van der Waals surface area contributed by atoms with Crippen LogP contribution in [0.3, 0.4) is 0 Å². The number of benzene rings is 3. The fourth-order valence-corrected chi connectivity index (χ4v) is 4.20. The smallest absolute Gasteiger partial charge is 0.411 e. The number of nitrogens with one attached hydrogen (secondary N) is 2. The Morgan fingerprint density at radius 3 is 2.50 bits per heavy atom. The largest absolute Gasteiger partial charge is 0.481 e. The Hall–Kier alpha value is -4.44. The molecule has 1 unspecified atom stereocenters. The van der Waals surface area contributed by atoms with Gasteiger partial charge >= 0.3 is 6.09 Å². The summed E-state index contributed by atoms with van der Waals surface area (Å²) in [4.78, 5) is 23.3. The first-order chi connectivity index (χ1) is 16.4. The second kappa shape index (κ2) is 10.0. The van der Waals surface area contributed by atoms with Crippen LogP contribution >= 0.6 is 11.3 Å². The van der Waals surface area contributed by atoms with Gasteiger partial charge in [0.2, 0.25) is 0 Å². The maximum Gasteiger partial charge on any atom is 0.411 e. The molecule has 0 radical (unpaired) electrons. The molecule has 172 valence electrons. The first-order valence-corrected chi connectivity index (χ1v) is 11.0. The Kier molecular flexibility index (Phi) is 6.69. The molecule has 4 aromatic rings. The standard InChI is InChI=1S/C24H20N4O5S/c25-23(26)22-13-18-19(7-4-8-21(18)34-22)33-20(15-5-2-1-3-6-15)14-32-24(29)27-16-9-11-17(12-10-16)28(30)31/h1-13,20H,14H2,(H3,25,26)(H,27,29). The van der Waals surface area contributed by atoms with Crippen LogP contribution in [0.4, 0.5) is 16.2 Å². The monoisotopic (exact) mass is 476 g/mol. The lowest BCUT2D eigenvalue weighted by Gasteiger charge is -2.20. The normalized spacial score (nSPS) is 11.5. The summed E-state index contributed by atoms with van der Waals surface area (Å²) in [5, 5.41) is 21.8. The molecule has 0 aliphatic heterocycles. The molecular formula is C24H20N4O5S. The van der Waals surface area contributed by atoms with Crippen molar-refractivity contribution in [2.45, 2.75) is 6.10 Å². The van der Waals surface area contributed by atoms with E-state index in [1.165, 1.54) is 35.6 Å². The molecule has 9 nitrogen and oxygen atoms in total. The van der Waals surface area contributed by atoms with Gasteiger partial charge in [0, 0.05) is 27.9 Å². The molecule has 1 heterocycles. The highest BCUT2D eigenvalue weighted by Crippen LogP contribution is 2.35. The molecule has 3 aromatic carbocycles. The van der Waals surface area contributed by atoms with Crippen LogP contribution in [-0.4, -0.2) is 23.5 Å². The average Bonchev–Trinajstić information content (AvgIpc) is 3.28. The van der Waals surface area contributed by atoms with E-state index in [0.717, 1.165) is 15.6 Å². The number of hydrogen-bond donors (Lipinski definition) is 3. The third-order valence-electron chi connectivity index (χ3n) is 4.92. The molecule has 10 heteroatoms. The number of ether oxygens (including phenoxy) is 2. The molecule has 4 rings (SSSR count). The predicted octanol–water partition coefficient (Wildman–Crippen LogP) is 5.46. The second-order valence-electron chi connectivity index (χ2n) is 7.24. The van der Waals surface area contributed by atoms with Crippen molar-refractivity contribution in [3.63, 3.8) is 0 Å². The van der Waals surface area contributed by atoms with Crippen molar-refractivity contribution < 1.29 is 19.2 Å². The van der Waals surface area contributed by atoms with Crippen molar-refractivity contribution in [3.05, 3.63) is 99.4 Å². The van der Waals surface area contributed by atoms with E-state index in [1.807, 2.05) is 54.6 Å². The number of carbonyl (C=O) groups excluding carboxylic acids is 1. The number of nitrogen functional groups attached to an aromatic ring is 1. The SMILES string of the molecule is N=C(N)c1cc2c(OC(COC(=O)Nc3ccc([N+](=O)[O-])cc3)c3ccccc3)cccc2s1. The van der Waals surface area contributed by atoms with Crippen molar-refractivity contribution in [3.8, 4) is 5.75 Å². The minimum absolute atomic E-state index is 0.0157. The average molecular weight is 477 g/mol. The molecule has 0 aliphatic rings. The van der Waals surface area contributed by atoms with Crippen LogP contribution < -0.4 is 15.8 Å². The molecular weight excluding hydrogens is 456 g/mol. The number of amides is 1. The first-order valence-electron chi connectivity index (χ1n) is 10.2. The number of amidine groups is 1. The number of nitrogens with zero attached hydrogens (tertiary/aromatic N) is 1. The van der Waals surface area contributed by atoms with Gasteiger partial charge in [0.05, 0.1) is 9.80 Å². The number of non-ortho nitro benzene ring substituents is 1. The maximum absolute atomic E-state index is 12.4. The van der Waals surface area contributed by atoms with E-state index in [-0.39, 0.29) is 18.1 Å². The van der Waals surface area contributed by atoms with Gasteiger partial charge in [-0.15, -0.1) is 11.3 Å². The summed E-state index contributed by atoms with van der Waals surface area (Å²) >= 11 is 1.40. The van der Waals surface area contributed by atoms with Crippen LogP contribution in [0.1, 0.15) is 16.5 Å². The molecule has 4 N–H and O–H groups in total. The van der Waals surface area contributed by atoms with Crippen LogP contribution in [0.5, 0.6) is 5.75 Å². The van der Waals surface area contributed by atoms with Gasteiger partial charge in [-0.3, -0.25) is 20.8 Å². The molecule has 1 atom stereocenters. The fourth-order valence-electron chi connectivity index (χ4n) is 3.26. The van der Waals surface area contributed by atoms with E-state index >= 15 is 0 Å². The van der Waals surface area contributed by atoms with E-state index in [0.29, 0.717) is 16.3 Å². The number of anilines is 1. The Balaban J connectivity index is 1.50. The number of nitrogens with two attached hydrogens (primary N) is 1. The summed E-state index contributed by atoms with van der Waals surface area (Å²) in [7, 11) is 0. The molecule has 0 fully saturated rings. The van der Waals surface area contributed by atoms with Crippen LogP contribution in [0.25, 0.3) is 10.1 Å². The molecule has 0 spiro atoms. The molecule has 1 amide bonds. The highest BCUT2D eigenvalue weighted by molar-refractivity contribution is 7.20. The third-order valence-corrected chi connectivity index (χ3v) is 6.05. The Labute approximate surface area is 198 Å². The molecule has 1 aromatic heterocycles. The van der Waals surface area contributed by atoms with Gasteiger partial charge in [0.25, 0.3) is 5.69 Å². The van der Waals surface area contributed by atoms with Crippen molar-refractivity contribution in [1.29, 1.82) is 5.41 Å². The fraction of sp³-hybridized carbons (Fsp3) is 0.0833. The van der Waals surface area contributed by atoms with Crippen molar-refractivity contribution in [2.75, 3.05) is 11.9 Å². The van der Waals surface area contributed by atoms with Gasteiger partial charge in [-0.2, -0.15) is 0 Å². The minimum Gasteiger partial charge on any atom is -0.481 e. The summed E-state index contributed by atoms with van der Waals surface area (Å²) in [6.07, 6.45) is -1.32. The molecule has 0 saturated carbocycles. The zero-order chi connectivity index (χ0) is 24.1. The van der Waals surface area contributed by atoms with E-state index in [2.05, 4.69) is 5.32 Å². The molecule has 0 bridgehead atoms. The Bertz CT molecular complexity index is 1340. The highest BCUT2D eigenvalue weighted by atomic mass is 32.1. The first kappa shape index (κ1) is 22.7. The number of rotatable bonds is 8. The number of nitro groups is 1. The summed E-state index contributed by atoms with van der Waals surface area (Å²) in [5.41, 5.74) is 6.74. The van der Waals surface area contributed by atoms with E-state index < -0.39 is 17.1 Å². The number of fused-ring (bicyclic) bond motifs is 1. The predicted molar refractivity (Wildman–Crippen MR) is 131 cm³/mol. The van der Waals surface area contributed by atoms with E-state index in [4.69, 9.17) is 20.6 Å². The summed E-state index contributed by atoms with van der Waals surface area (Å²) < 4.78 is 12.6. The lowest BCUT2D eigenvalue weighted by Crippen LogP contribution is -2.21. The lowest BCUT2D eigenvalue weighted by molar-refractivity contribution is -0.384. The number of thiophene rings is 1. The van der Waals surface area contributed by atoms with Gasteiger partial charge in [0.15, 0.2) is 6.10 Å². The lowest BCUT2D eigenvalue weighted by atomic mass is 10.1. The maximum atomic E-state index is 12.4. The highest BCUT2D eigenvalue weighted by Gasteiger charge is 2.19. The van der Waals surface area contributed by atoms with Gasteiger partial charge in [-0.05, 0) is 35.9 Å². The van der Waals surface area contributed by atoms with Crippen LogP contribution in [0.15, 0.2) is 78.9 Å². The van der Waals surface area contributed by atoms with Crippen LogP contribution in [0, 0.1) is 15.5 Å². The Morgan fingerprint density at radius 1 is 1.09 bits per heavy atom. The molecule has 0 saturated heterocycles.